The molecular formula is C11H24N2. The molecule has 2 atom stereocenters. The average Bonchev–Trinajstić information content (AvgIpc) is 2.50. The van der Waals surface area contributed by atoms with Gasteiger partial charge in [-0.2, -0.15) is 0 Å². The topological polar surface area (TPSA) is 29.3 Å². The zero-order chi connectivity index (χ0) is 9.84. The van der Waals surface area contributed by atoms with E-state index in [1.807, 2.05) is 0 Å². The van der Waals surface area contributed by atoms with Gasteiger partial charge in [-0.1, -0.05) is 20.8 Å². The van der Waals surface area contributed by atoms with Crippen LogP contribution in [0.25, 0.3) is 0 Å². The van der Waals surface area contributed by atoms with Gasteiger partial charge in [0.1, 0.15) is 0 Å². The molecule has 2 heteroatoms. The van der Waals surface area contributed by atoms with E-state index in [-0.39, 0.29) is 0 Å². The summed E-state index contributed by atoms with van der Waals surface area (Å²) < 4.78 is 0. The average molecular weight is 184 g/mol. The molecule has 0 radical (unpaired) electrons. The van der Waals surface area contributed by atoms with E-state index in [2.05, 4.69) is 25.7 Å². The molecule has 2 nitrogen and oxygen atoms in total. The molecule has 0 bridgehead atoms. The van der Waals surface area contributed by atoms with Crippen LogP contribution in [0.2, 0.25) is 0 Å². The Morgan fingerprint density at radius 1 is 1.38 bits per heavy atom. The Bertz CT molecular complexity index is 143. The first kappa shape index (κ1) is 11.0. The van der Waals surface area contributed by atoms with Gasteiger partial charge in [0.05, 0.1) is 0 Å². The molecule has 1 heterocycles. The van der Waals surface area contributed by atoms with Crippen molar-refractivity contribution >= 4 is 0 Å². The summed E-state index contributed by atoms with van der Waals surface area (Å²) >= 11 is 0. The highest BCUT2D eigenvalue weighted by atomic mass is 15.2. The molecule has 0 saturated carbocycles. The highest BCUT2D eigenvalue weighted by molar-refractivity contribution is 4.88. The Morgan fingerprint density at radius 3 is 2.46 bits per heavy atom. The predicted molar refractivity (Wildman–Crippen MR) is 57.7 cm³/mol. The van der Waals surface area contributed by atoms with Gasteiger partial charge in [-0.05, 0) is 31.7 Å². The summed E-state index contributed by atoms with van der Waals surface area (Å²) in [6.07, 6.45) is 3.86. The Morgan fingerprint density at radius 2 is 2.00 bits per heavy atom. The molecule has 1 aliphatic rings. The zero-order valence-electron chi connectivity index (χ0n) is 9.29. The van der Waals surface area contributed by atoms with Gasteiger partial charge >= 0.3 is 0 Å². The van der Waals surface area contributed by atoms with Crippen molar-refractivity contribution in [3.05, 3.63) is 0 Å². The molecule has 0 aliphatic carbocycles. The normalized spacial score (nSPS) is 30.2. The van der Waals surface area contributed by atoms with E-state index in [1.54, 1.807) is 0 Å². The fraction of sp³-hybridized carbons (Fsp3) is 1.00. The molecule has 0 aromatic rings. The van der Waals surface area contributed by atoms with Gasteiger partial charge in [-0.25, -0.2) is 0 Å². The first-order chi connectivity index (χ1) is 6.24. The van der Waals surface area contributed by atoms with Gasteiger partial charge in [0, 0.05) is 18.6 Å². The lowest BCUT2D eigenvalue weighted by Crippen LogP contribution is -2.44. The Kier molecular flexibility index (Phi) is 4.20. The van der Waals surface area contributed by atoms with Crippen molar-refractivity contribution < 1.29 is 0 Å². The molecule has 1 saturated heterocycles. The monoisotopic (exact) mass is 184 g/mol. The maximum atomic E-state index is 5.82. The first-order valence-corrected chi connectivity index (χ1v) is 5.70. The minimum atomic E-state index is 0.643. The predicted octanol–water partition coefficient (Wildman–Crippen LogP) is 1.84. The number of nitrogens with two attached hydrogens (primary N) is 1. The summed E-state index contributed by atoms with van der Waals surface area (Å²) in [4.78, 5) is 2.63. The van der Waals surface area contributed by atoms with Crippen LogP contribution in [0.3, 0.4) is 0 Å². The number of nitrogens with zero attached hydrogens (tertiary/aromatic N) is 1. The highest BCUT2D eigenvalue weighted by Gasteiger charge is 2.32. The molecule has 2 N–H and O–H groups in total. The molecule has 0 amide bonds. The van der Waals surface area contributed by atoms with Gasteiger partial charge < -0.3 is 5.73 Å². The standard InChI is InChI=1S/C11H24N2/c1-4-10(5-2)13-7-6-9(3)11(13)8-12/h9-11H,4-8,12H2,1-3H3. The smallest absolute Gasteiger partial charge is 0.0247 e. The Balaban J connectivity index is 2.57. The molecule has 78 valence electrons. The lowest BCUT2D eigenvalue weighted by Gasteiger charge is -2.32. The maximum absolute atomic E-state index is 5.82. The second kappa shape index (κ2) is 4.97. The van der Waals surface area contributed by atoms with Gasteiger partial charge in [0.25, 0.3) is 0 Å². The molecule has 0 aromatic heterocycles. The van der Waals surface area contributed by atoms with Crippen LogP contribution >= 0.6 is 0 Å². The third-order valence-electron chi connectivity index (χ3n) is 3.58. The highest BCUT2D eigenvalue weighted by Crippen LogP contribution is 2.27. The van der Waals surface area contributed by atoms with Crippen LogP contribution < -0.4 is 5.73 Å². The Hall–Kier alpha value is -0.0800. The summed E-state index contributed by atoms with van der Waals surface area (Å²) in [7, 11) is 0. The summed E-state index contributed by atoms with van der Waals surface area (Å²) in [5.41, 5.74) is 5.82. The van der Waals surface area contributed by atoms with Gasteiger partial charge in [0.2, 0.25) is 0 Å². The van der Waals surface area contributed by atoms with Crippen LogP contribution in [0.1, 0.15) is 40.0 Å². The van der Waals surface area contributed by atoms with Crippen LogP contribution in [0.5, 0.6) is 0 Å². The van der Waals surface area contributed by atoms with Gasteiger partial charge in [-0.3, -0.25) is 4.90 Å². The largest absolute Gasteiger partial charge is 0.329 e. The summed E-state index contributed by atoms with van der Waals surface area (Å²) in [6.45, 7) is 8.99. The summed E-state index contributed by atoms with van der Waals surface area (Å²) in [5.74, 6) is 0.797. The van der Waals surface area contributed by atoms with E-state index in [9.17, 15) is 0 Å². The number of hydrogen-bond acceptors (Lipinski definition) is 2. The summed E-state index contributed by atoms with van der Waals surface area (Å²) in [6, 6.07) is 1.41. The third kappa shape index (κ3) is 2.23. The molecule has 2 unspecified atom stereocenters. The van der Waals surface area contributed by atoms with Crippen molar-refractivity contribution in [2.75, 3.05) is 13.1 Å². The van der Waals surface area contributed by atoms with Crippen molar-refractivity contribution in [1.29, 1.82) is 0 Å². The van der Waals surface area contributed by atoms with Crippen LogP contribution in [-0.2, 0) is 0 Å². The van der Waals surface area contributed by atoms with Gasteiger partial charge in [0.15, 0.2) is 0 Å². The molecule has 0 spiro atoms. The second-order valence-corrected chi connectivity index (χ2v) is 4.28. The molecule has 0 aromatic carbocycles. The van der Waals surface area contributed by atoms with Crippen LogP contribution in [0.4, 0.5) is 0 Å². The fourth-order valence-electron chi connectivity index (χ4n) is 2.62. The molecule has 13 heavy (non-hydrogen) atoms. The lowest BCUT2D eigenvalue weighted by atomic mass is 10.0. The zero-order valence-corrected chi connectivity index (χ0v) is 9.29. The van der Waals surface area contributed by atoms with E-state index in [4.69, 9.17) is 5.73 Å². The summed E-state index contributed by atoms with van der Waals surface area (Å²) in [5, 5.41) is 0. The van der Waals surface area contributed by atoms with Crippen molar-refractivity contribution in [3.8, 4) is 0 Å². The fourth-order valence-corrected chi connectivity index (χ4v) is 2.62. The van der Waals surface area contributed by atoms with Crippen LogP contribution in [-0.4, -0.2) is 30.1 Å². The number of hydrogen-bond donors (Lipinski definition) is 1. The van der Waals surface area contributed by atoms with Crippen molar-refractivity contribution in [2.24, 2.45) is 11.7 Å². The quantitative estimate of drug-likeness (QED) is 0.722. The molecular weight excluding hydrogens is 160 g/mol. The van der Waals surface area contributed by atoms with Crippen molar-refractivity contribution in [3.63, 3.8) is 0 Å². The number of likely N-dealkylation sites (tertiary alicyclic amines) is 1. The minimum absolute atomic E-state index is 0.643. The van der Waals surface area contributed by atoms with Gasteiger partial charge in [-0.15, -0.1) is 0 Å². The SMILES string of the molecule is CCC(CC)N1CCC(C)C1CN. The van der Waals surface area contributed by atoms with Crippen LogP contribution in [0, 0.1) is 5.92 Å². The first-order valence-electron chi connectivity index (χ1n) is 5.70. The Labute approximate surface area is 82.5 Å². The van der Waals surface area contributed by atoms with E-state index in [0.717, 1.165) is 18.5 Å². The minimum Gasteiger partial charge on any atom is -0.329 e. The van der Waals surface area contributed by atoms with E-state index in [1.165, 1.54) is 25.8 Å². The third-order valence-corrected chi connectivity index (χ3v) is 3.58. The van der Waals surface area contributed by atoms with Crippen molar-refractivity contribution in [1.82, 2.24) is 4.90 Å². The van der Waals surface area contributed by atoms with Crippen molar-refractivity contribution in [2.45, 2.75) is 52.1 Å². The van der Waals surface area contributed by atoms with E-state index < -0.39 is 0 Å². The molecule has 1 fully saturated rings. The molecule has 1 rings (SSSR count). The molecule has 1 aliphatic heterocycles. The van der Waals surface area contributed by atoms with E-state index in [0.29, 0.717) is 6.04 Å². The lowest BCUT2D eigenvalue weighted by molar-refractivity contribution is 0.159. The number of rotatable bonds is 4. The second-order valence-electron chi connectivity index (χ2n) is 4.28. The van der Waals surface area contributed by atoms with E-state index >= 15 is 0 Å². The van der Waals surface area contributed by atoms with Crippen LogP contribution in [0.15, 0.2) is 0 Å². The maximum Gasteiger partial charge on any atom is 0.0247 e.